The molecule has 0 aromatic heterocycles. The third-order valence-electron chi connectivity index (χ3n) is 6.71. The molecule has 32 heavy (non-hydrogen) atoms. The Balaban J connectivity index is 1.56. The van der Waals surface area contributed by atoms with Crippen LogP contribution in [-0.4, -0.2) is 35.9 Å². The van der Waals surface area contributed by atoms with E-state index in [1.165, 1.54) is 18.2 Å². The van der Waals surface area contributed by atoms with Gasteiger partial charge in [-0.1, -0.05) is 0 Å². The fourth-order valence-electron chi connectivity index (χ4n) is 4.92. The molecule has 1 aliphatic rings. The Morgan fingerprint density at radius 1 is 0.875 bits per heavy atom. The first-order valence-electron chi connectivity index (χ1n) is 11.2. The van der Waals surface area contributed by atoms with E-state index in [-0.39, 0.29) is 21.7 Å². The van der Waals surface area contributed by atoms with Crippen molar-refractivity contribution in [3.63, 3.8) is 0 Å². The first kappa shape index (κ1) is 22.7. The first-order chi connectivity index (χ1) is 15.7. The number of carbonyl (C=O) groups is 1. The quantitative estimate of drug-likeness (QED) is 0.315. The number of hydrogen-bond donors (Lipinski definition) is 0. The molecule has 0 spiro atoms. The minimum atomic E-state index is -0.569. The molecule has 0 bridgehead atoms. The Morgan fingerprint density at radius 3 is 2.00 bits per heavy atom. The molecule has 3 aromatic carbocycles. The average Bonchev–Trinajstić information content (AvgIpc) is 2.88. The third-order valence-corrected chi connectivity index (χ3v) is 11.0. The minimum absolute atomic E-state index is 0.119. The molecule has 166 valence electrons. The second-order valence-corrected chi connectivity index (χ2v) is 12.1. The molecule has 4 rings (SSSR count). The van der Waals surface area contributed by atoms with Crippen molar-refractivity contribution in [2.24, 2.45) is 0 Å². The van der Waals surface area contributed by atoms with Gasteiger partial charge < -0.3 is 0 Å². The maximum absolute atomic E-state index is 13.0. The molecule has 1 fully saturated rings. The van der Waals surface area contributed by atoms with Crippen molar-refractivity contribution in [3.8, 4) is 5.75 Å². The molecule has 0 saturated heterocycles. The van der Waals surface area contributed by atoms with Crippen molar-refractivity contribution in [2.45, 2.75) is 40.5 Å². The van der Waals surface area contributed by atoms with Gasteiger partial charge in [0.05, 0.1) is 0 Å². The van der Waals surface area contributed by atoms with Gasteiger partial charge in [0.15, 0.2) is 0 Å². The molecular weight excluding hydrogens is 459 g/mol. The SMILES string of the molecule is COc1cccc([C@]2(C(=O)OC)CC[C@H]([AsH]C(c3ccccc3)c3ccccc3)CC2)c1. The third kappa shape index (κ3) is 4.78. The Labute approximate surface area is 197 Å². The molecule has 3 aromatic rings. The zero-order chi connectivity index (χ0) is 22.4. The van der Waals surface area contributed by atoms with Crippen LogP contribution in [0.4, 0.5) is 0 Å². The van der Waals surface area contributed by atoms with Crippen molar-refractivity contribution in [1.29, 1.82) is 0 Å². The van der Waals surface area contributed by atoms with E-state index in [4.69, 9.17) is 9.47 Å². The van der Waals surface area contributed by atoms with E-state index in [0.717, 1.165) is 37.0 Å². The van der Waals surface area contributed by atoms with Crippen LogP contribution < -0.4 is 4.74 Å². The number of esters is 1. The van der Waals surface area contributed by atoms with E-state index in [9.17, 15) is 4.79 Å². The molecule has 1 aliphatic carbocycles. The molecule has 0 N–H and O–H groups in total. The Bertz CT molecular complexity index is 972. The molecule has 1 unspecified atom stereocenters. The van der Waals surface area contributed by atoms with Crippen LogP contribution in [0.2, 0.25) is 4.71 Å². The molecule has 1 saturated carbocycles. The summed E-state index contributed by atoms with van der Waals surface area (Å²) >= 11 is -0.310. The van der Waals surface area contributed by atoms with E-state index in [2.05, 4.69) is 60.7 Å². The Morgan fingerprint density at radius 2 is 1.47 bits per heavy atom. The van der Waals surface area contributed by atoms with Crippen molar-refractivity contribution >= 4 is 21.7 Å². The topological polar surface area (TPSA) is 35.5 Å². The van der Waals surface area contributed by atoms with Crippen LogP contribution in [-0.2, 0) is 14.9 Å². The molecule has 4 heteroatoms. The Kier molecular flexibility index (Phi) is 7.37. The predicted molar refractivity (Wildman–Crippen MR) is 131 cm³/mol. The summed E-state index contributed by atoms with van der Waals surface area (Å²) in [4.78, 5) is 13.0. The summed E-state index contributed by atoms with van der Waals surface area (Å²) in [6.45, 7) is 0. The van der Waals surface area contributed by atoms with Gasteiger partial charge in [0.2, 0.25) is 0 Å². The van der Waals surface area contributed by atoms with E-state index in [0.29, 0.717) is 9.41 Å². The summed E-state index contributed by atoms with van der Waals surface area (Å²) in [5.41, 5.74) is 3.28. The van der Waals surface area contributed by atoms with Crippen LogP contribution in [0.3, 0.4) is 0 Å². The van der Waals surface area contributed by atoms with Gasteiger partial charge in [-0.25, -0.2) is 0 Å². The number of methoxy groups -OCH3 is 2. The molecule has 0 aliphatic heterocycles. The van der Waals surface area contributed by atoms with E-state index < -0.39 is 5.41 Å². The summed E-state index contributed by atoms with van der Waals surface area (Å²) in [6.07, 6.45) is 3.78. The van der Waals surface area contributed by atoms with Crippen molar-refractivity contribution in [2.75, 3.05) is 14.2 Å². The van der Waals surface area contributed by atoms with E-state index in [1.54, 1.807) is 7.11 Å². The summed E-state index contributed by atoms with van der Waals surface area (Å²) in [5.74, 6) is 0.668. The zero-order valence-corrected chi connectivity index (χ0v) is 20.9. The first-order valence-corrected chi connectivity index (χ1v) is 13.7. The number of ether oxygens (including phenoxy) is 2. The van der Waals surface area contributed by atoms with Gasteiger partial charge in [0, 0.05) is 0 Å². The normalized spacial score (nSPS) is 21.0. The fourth-order valence-corrected chi connectivity index (χ4v) is 8.82. The summed E-state index contributed by atoms with van der Waals surface area (Å²) in [6, 6.07) is 29.7. The molecule has 3 nitrogen and oxygen atoms in total. The molecule has 1 atom stereocenters. The maximum atomic E-state index is 13.0. The van der Waals surface area contributed by atoms with Gasteiger partial charge in [-0.2, -0.15) is 0 Å². The molecule has 0 radical (unpaired) electrons. The van der Waals surface area contributed by atoms with E-state index >= 15 is 0 Å². The van der Waals surface area contributed by atoms with Crippen LogP contribution in [0, 0.1) is 0 Å². The van der Waals surface area contributed by atoms with Gasteiger partial charge >= 0.3 is 198 Å². The van der Waals surface area contributed by atoms with Crippen LogP contribution >= 0.6 is 0 Å². The number of rotatable bonds is 7. The molecular formula is C28H31AsO3. The summed E-state index contributed by atoms with van der Waals surface area (Å²) in [7, 11) is 3.17. The predicted octanol–water partition coefficient (Wildman–Crippen LogP) is 5.69. The second-order valence-electron chi connectivity index (χ2n) is 8.50. The van der Waals surface area contributed by atoms with Crippen molar-refractivity contribution < 1.29 is 14.3 Å². The molecule has 0 heterocycles. The van der Waals surface area contributed by atoms with Crippen LogP contribution in [0.15, 0.2) is 84.9 Å². The van der Waals surface area contributed by atoms with Gasteiger partial charge in [-0.05, 0) is 0 Å². The van der Waals surface area contributed by atoms with Gasteiger partial charge in [-0.3, -0.25) is 0 Å². The van der Waals surface area contributed by atoms with Crippen molar-refractivity contribution in [3.05, 3.63) is 102 Å². The average molecular weight is 490 g/mol. The number of carbonyl (C=O) groups excluding carboxylic acids is 1. The standard InChI is InChI=1S/C28H31AsO3/c1-31-25-15-9-14-23(20-25)28(27(30)32-2)18-16-24(17-19-28)29-26(21-10-5-3-6-11-21)22-12-7-4-8-13-22/h3-15,20,24,26,29H,16-19H2,1-2H3/t24-,28-. The zero-order valence-electron chi connectivity index (χ0n) is 18.8. The van der Waals surface area contributed by atoms with Gasteiger partial charge in [0.25, 0.3) is 0 Å². The Hall–Kier alpha value is -2.51. The number of hydrogen-bond acceptors (Lipinski definition) is 3. The van der Waals surface area contributed by atoms with Crippen LogP contribution in [0.5, 0.6) is 5.75 Å². The summed E-state index contributed by atoms with van der Waals surface area (Å²) in [5, 5.41) is 0. The van der Waals surface area contributed by atoms with Crippen LogP contribution in [0.1, 0.15) is 47.1 Å². The van der Waals surface area contributed by atoms with Crippen LogP contribution in [0.25, 0.3) is 0 Å². The van der Waals surface area contributed by atoms with Gasteiger partial charge in [0.1, 0.15) is 0 Å². The molecule has 0 amide bonds. The number of benzene rings is 3. The van der Waals surface area contributed by atoms with E-state index in [1.807, 2.05) is 24.3 Å². The second kappa shape index (κ2) is 10.4. The van der Waals surface area contributed by atoms with Crippen molar-refractivity contribution in [1.82, 2.24) is 0 Å². The fraction of sp³-hybridized carbons (Fsp3) is 0.321. The van der Waals surface area contributed by atoms with Gasteiger partial charge in [-0.15, -0.1) is 0 Å². The summed E-state index contributed by atoms with van der Waals surface area (Å²) < 4.78 is 11.9. The monoisotopic (exact) mass is 490 g/mol.